The molecule has 0 unspecified atom stereocenters. The highest BCUT2D eigenvalue weighted by atomic mass is 16.3. The maximum atomic E-state index is 12.6. The molecule has 4 heteroatoms. The molecule has 1 fully saturated rings. The van der Waals surface area contributed by atoms with Gasteiger partial charge in [0.15, 0.2) is 5.78 Å². The molecule has 1 amide bonds. The third kappa shape index (κ3) is 3.32. The smallest absolute Gasteiger partial charge is 0.254 e. The number of amides is 1. The number of benzene rings is 2. The van der Waals surface area contributed by atoms with Crippen LogP contribution in [0.3, 0.4) is 0 Å². The van der Waals surface area contributed by atoms with Gasteiger partial charge in [-0.3, -0.25) is 9.59 Å². The summed E-state index contributed by atoms with van der Waals surface area (Å²) >= 11 is 0. The molecule has 1 heterocycles. The maximum absolute atomic E-state index is 12.6. The molecule has 0 bridgehead atoms. The average molecular weight is 309 g/mol. The summed E-state index contributed by atoms with van der Waals surface area (Å²) in [5, 5.41) is 9.10. The monoisotopic (exact) mass is 309 g/mol. The number of hydrogen-bond acceptors (Lipinski definition) is 3. The Kier molecular flexibility index (Phi) is 4.53. The molecule has 4 nitrogen and oxygen atoms in total. The fourth-order valence-corrected chi connectivity index (χ4v) is 3.00. The highest BCUT2D eigenvalue weighted by Crippen LogP contribution is 2.23. The Bertz CT molecular complexity index is 694. The number of Topliss-reactive ketones (excluding diaryl/α,β-unsaturated/α-hetero) is 1. The number of aliphatic hydroxyl groups excluding tert-OH is 1. The zero-order valence-electron chi connectivity index (χ0n) is 12.8. The summed E-state index contributed by atoms with van der Waals surface area (Å²) in [4.78, 5) is 25.8. The number of aliphatic hydroxyl groups is 1. The van der Waals surface area contributed by atoms with Crippen LogP contribution in [-0.4, -0.2) is 40.9 Å². The first kappa shape index (κ1) is 15.4. The van der Waals surface area contributed by atoms with E-state index < -0.39 is 0 Å². The molecule has 0 aliphatic carbocycles. The van der Waals surface area contributed by atoms with Gasteiger partial charge in [0.25, 0.3) is 5.91 Å². The summed E-state index contributed by atoms with van der Waals surface area (Å²) in [5.41, 5.74) is 2.72. The lowest BCUT2D eigenvalue weighted by Gasteiger charge is -2.23. The van der Waals surface area contributed by atoms with E-state index in [4.69, 9.17) is 5.11 Å². The standard InChI is InChI=1S/C19H19NO3/c21-11-10-17-12-18(22)13-20(17)19(23)16-8-6-15(7-9-16)14-4-2-1-3-5-14/h1-9,17,21H,10-13H2/t17-/m0/s1. The minimum Gasteiger partial charge on any atom is -0.396 e. The van der Waals surface area contributed by atoms with E-state index in [9.17, 15) is 9.59 Å². The van der Waals surface area contributed by atoms with Crippen LogP contribution in [0.1, 0.15) is 23.2 Å². The van der Waals surface area contributed by atoms with Gasteiger partial charge < -0.3 is 10.0 Å². The lowest BCUT2D eigenvalue weighted by Crippen LogP contribution is -2.36. The number of ketones is 1. The van der Waals surface area contributed by atoms with Gasteiger partial charge in [-0.2, -0.15) is 0 Å². The summed E-state index contributed by atoms with van der Waals surface area (Å²) in [5.74, 6) is -0.0911. The van der Waals surface area contributed by atoms with Crippen LogP contribution in [0, 0.1) is 0 Å². The number of nitrogens with zero attached hydrogens (tertiary/aromatic N) is 1. The Hall–Kier alpha value is -2.46. The normalized spacial score (nSPS) is 17.5. The van der Waals surface area contributed by atoms with E-state index in [2.05, 4.69) is 0 Å². The van der Waals surface area contributed by atoms with E-state index in [1.54, 1.807) is 17.0 Å². The van der Waals surface area contributed by atoms with E-state index >= 15 is 0 Å². The Balaban J connectivity index is 1.79. The van der Waals surface area contributed by atoms with Crippen LogP contribution >= 0.6 is 0 Å². The van der Waals surface area contributed by atoms with Crippen molar-refractivity contribution in [2.24, 2.45) is 0 Å². The van der Waals surface area contributed by atoms with E-state index in [0.29, 0.717) is 18.4 Å². The van der Waals surface area contributed by atoms with Gasteiger partial charge in [0.2, 0.25) is 0 Å². The van der Waals surface area contributed by atoms with E-state index in [1.807, 2.05) is 42.5 Å². The van der Waals surface area contributed by atoms with Gasteiger partial charge in [-0.25, -0.2) is 0 Å². The SMILES string of the molecule is O=C1C[C@H](CCO)N(C(=O)c2ccc(-c3ccccc3)cc2)C1. The average Bonchev–Trinajstić information content (AvgIpc) is 2.96. The quantitative estimate of drug-likeness (QED) is 0.944. The second kappa shape index (κ2) is 6.75. The third-order valence-electron chi connectivity index (χ3n) is 4.21. The topological polar surface area (TPSA) is 57.6 Å². The fourth-order valence-electron chi connectivity index (χ4n) is 3.00. The van der Waals surface area contributed by atoms with Crippen molar-refractivity contribution in [1.29, 1.82) is 0 Å². The summed E-state index contributed by atoms with van der Waals surface area (Å²) in [6, 6.07) is 17.2. The first-order valence-electron chi connectivity index (χ1n) is 7.78. The first-order chi connectivity index (χ1) is 11.2. The van der Waals surface area contributed by atoms with Gasteiger partial charge >= 0.3 is 0 Å². The lowest BCUT2D eigenvalue weighted by atomic mass is 10.0. The molecule has 1 atom stereocenters. The van der Waals surface area contributed by atoms with Gasteiger partial charge in [0, 0.05) is 24.6 Å². The highest BCUT2D eigenvalue weighted by Gasteiger charge is 2.33. The molecule has 0 spiro atoms. The largest absolute Gasteiger partial charge is 0.396 e. The maximum Gasteiger partial charge on any atom is 0.254 e. The van der Waals surface area contributed by atoms with Crippen molar-refractivity contribution in [2.75, 3.05) is 13.2 Å². The number of likely N-dealkylation sites (tertiary alicyclic amines) is 1. The van der Waals surface area contributed by atoms with Crippen LogP contribution in [0.2, 0.25) is 0 Å². The molecule has 23 heavy (non-hydrogen) atoms. The minimum atomic E-state index is -0.186. The van der Waals surface area contributed by atoms with Crippen LogP contribution in [0.5, 0.6) is 0 Å². The molecule has 1 saturated heterocycles. The van der Waals surface area contributed by atoms with Crippen molar-refractivity contribution in [3.63, 3.8) is 0 Å². The van der Waals surface area contributed by atoms with E-state index in [0.717, 1.165) is 11.1 Å². The van der Waals surface area contributed by atoms with Crippen LogP contribution in [0.4, 0.5) is 0 Å². The first-order valence-corrected chi connectivity index (χ1v) is 7.78. The molecule has 2 aromatic carbocycles. The van der Waals surface area contributed by atoms with Crippen LogP contribution in [-0.2, 0) is 4.79 Å². The number of carbonyl (C=O) groups excluding carboxylic acids is 2. The number of carbonyl (C=O) groups is 2. The van der Waals surface area contributed by atoms with Crippen molar-refractivity contribution in [3.8, 4) is 11.1 Å². The second-order valence-corrected chi connectivity index (χ2v) is 5.79. The van der Waals surface area contributed by atoms with Gasteiger partial charge in [-0.15, -0.1) is 0 Å². The molecule has 3 rings (SSSR count). The summed E-state index contributed by atoms with van der Waals surface area (Å²) in [6.45, 7) is 0.124. The molecule has 2 aromatic rings. The molecule has 0 aromatic heterocycles. The van der Waals surface area contributed by atoms with E-state index in [1.165, 1.54) is 0 Å². The molecular formula is C19H19NO3. The van der Waals surface area contributed by atoms with Crippen molar-refractivity contribution < 1.29 is 14.7 Å². The van der Waals surface area contributed by atoms with Crippen molar-refractivity contribution in [2.45, 2.75) is 18.9 Å². The van der Waals surface area contributed by atoms with Gasteiger partial charge in [0.1, 0.15) is 0 Å². The van der Waals surface area contributed by atoms with Gasteiger partial charge in [-0.05, 0) is 29.7 Å². The highest BCUT2D eigenvalue weighted by molar-refractivity contribution is 5.99. The third-order valence-corrected chi connectivity index (χ3v) is 4.21. The fraction of sp³-hybridized carbons (Fsp3) is 0.263. The molecule has 1 aliphatic heterocycles. The number of rotatable bonds is 4. The van der Waals surface area contributed by atoms with Crippen LogP contribution < -0.4 is 0 Å². The Labute approximate surface area is 135 Å². The summed E-state index contributed by atoms with van der Waals surface area (Å²) in [6.07, 6.45) is 0.786. The van der Waals surface area contributed by atoms with Crippen molar-refractivity contribution in [1.82, 2.24) is 4.90 Å². The summed E-state index contributed by atoms with van der Waals surface area (Å²) < 4.78 is 0. The van der Waals surface area contributed by atoms with Gasteiger partial charge in [-0.1, -0.05) is 42.5 Å². The summed E-state index contributed by atoms with van der Waals surface area (Å²) in [7, 11) is 0. The number of hydrogen-bond donors (Lipinski definition) is 1. The lowest BCUT2D eigenvalue weighted by molar-refractivity contribution is -0.116. The van der Waals surface area contributed by atoms with Gasteiger partial charge in [0.05, 0.1) is 6.54 Å². The molecule has 0 radical (unpaired) electrons. The predicted octanol–water partition coefficient (Wildman–Crippen LogP) is 2.52. The van der Waals surface area contributed by atoms with Crippen molar-refractivity contribution in [3.05, 3.63) is 60.2 Å². The molecule has 1 N–H and O–H groups in total. The van der Waals surface area contributed by atoms with Crippen molar-refractivity contribution >= 4 is 11.7 Å². The minimum absolute atomic E-state index is 0.0192. The molecular weight excluding hydrogens is 290 g/mol. The molecule has 118 valence electrons. The molecule has 0 saturated carbocycles. The van der Waals surface area contributed by atoms with Crippen LogP contribution in [0.15, 0.2) is 54.6 Å². The Morgan fingerprint density at radius 2 is 1.70 bits per heavy atom. The zero-order valence-corrected chi connectivity index (χ0v) is 12.8. The van der Waals surface area contributed by atoms with E-state index in [-0.39, 0.29) is 30.9 Å². The second-order valence-electron chi connectivity index (χ2n) is 5.79. The Morgan fingerprint density at radius 1 is 1.04 bits per heavy atom. The predicted molar refractivity (Wildman–Crippen MR) is 88.0 cm³/mol. The molecule has 1 aliphatic rings. The van der Waals surface area contributed by atoms with Crippen LogP contribution in [0.25, 0.3) is 11.1 Å². The Morgan fingerprint density at radius 3 is 2.35 bits per heavy atom. The zero-order chi connectivity index (χ0) is 16.2.